The first-order valence-corrected chi connectivity index (χ1v) is 8.17. The molecule has 0 unspecified atom stereocenters. The highest BCUT2D eigenvalue weighted by Crippen LogP contribution is 2.12. The van der Waals surface area contributed by atoms with E-state index in [9.17, 15) is 0 Å². The smallest absolute Gasteiger partial charge is 0.0684 e. The lowest BCUT2D eigenvalue weighted by Crippen LogP contribution is -1.92. The highest BCUT2D eigenvalue weighted by atomic mass is 14.8. The van der Waals surface area contributed by atoms with Gasteiger partial charge >= 0.3 is 0 Å². The van der Waals surface area contributed by atoms with Gasteiger partial charge < -0.3 is 5.32 Å². The Morgan fingerprint density at radius 2 is 1.50 bits per heavy atom. The summed E-state index contributed by atoms with van der Waals surface area (Å²) in [4.78, 5) is 0. The van der Waals surface area contributed by atoms with Gasteiger partial charge in [-0.05, 0) is 65.5 Å². The van der Waals surface area contributed by atoms with Crippen molar-refractivity contribution < 1.29 is 0 Å². The van der Waals surface area contributed by atoms with Crippen LogP contribution in [0.4, 0.5) is 5.69 Å². The van der Waals surface area contributed by atoms with Gasteiger partial charge in [0.15, 0.2) is 0 Å². The van der Waals surface area contributed by atoms with Crippen LogP contribution in [0, 0.1) is 6.54 Å². The highest BCUT2D eigenvalue weighted by Gasteiger charge is 1.93. The summed E-state index contributed by atoms with van der Waals surface area (Å²) in [6.45, 7) is 10.8. The Morgan fingerprint density at radius 3 is 2.18 bits per heavy atom. The molecule has 119 valence electrons. The van der Waals surface area contributed by atoms with Crippen LogP contribution < -0.4 is 5.32 Å². The van der Waals surface area contributed by atoms with Gasteiger partial charge in [0.05, 0.1) is 6.54 Å². The van der Waals surface area contributed by atoms with Gasteiger partial charge in [0.1, 0.15) is 0 Å². The second-order valence-electron chi connectivity index (χ2n) is 6.10. The monoisotopic (exact) mass is 296 g/mol. The molecule has 0 saturated heterocycles. The van der Waals surface area contributed by atoms with Crippen LogP contribution in [0.1, 0.15) is 53.4 Å². The molecule has 0 aromatic heterocycles. The minimum absolute atomic E-state index is 1.12. The summed E-state index contributed by atoms with van der Waals surface area (Å²) in [5, 5.41) is 3.29. The van der Waals surface area contributed by atoms with Crippen molar-refractivity contribution in [3.8, 4) is 0 Å². The Balaban J connectivity index is 2.22. The number of nitrogens with one attached hydrogen (secondary N) is 1. The summed E-state index contributed by atoms with van der Waals surface area (Å²) in [5.74, 6) is 0. The lowest BCUT2D eigenvalue weighted by molar-refractivity contribution is 0.917. The fourth-order valence-corrected chi connectivity index (χ4v) is 2.13. The first-order chi connectivity index (χ1) is 10.6. The fraction of sp³-hybridized carbons (Fsp3) is 0.381. The summed E-state index contributed by atoms with van der Waals surface area (Å²) in [6.07, 6.45) is 11.4. The quantitative estimate of drug-likeness (QED) is 0.501. The summed E-state index contributed by atoms with van der Waals surface area (Å²) in [5.41, 5.74) is 5.43. The third-order valence-corrected chi connectivity index (χ3v) is 3.51. The molecule has 1 rings (SSSR count). The Labute approximate surface area is 136 Å². The fourth-order valence-electron chi connectivity index (χ4n) is 2.13. The number of rotatable bonds is 9. The molecule has 0 spiro atoms. The van der Waals surface area contributed by atoms with Crippen LogP contribution >= 0.6 is 0 Å². The molecule has 1 heteroatoms. The van der Waals surface area contributed by atoms with Crippen molar-refractivity contribution in [2.75, 3.05) is 5.32 Å². The van der Waals surface area contributed by atoms with E-state index in [0.717, 1.165) is 24.9 Å². The second kappa shape index (κ2) is 10.9. The number of hydrogen-bond acceptors (Lipinski definition) is 1. The van der Waals surface area contributed by atoms with Gasteiger partial charge in [-0.25, -0.2) is 0 Å². The third kappa shape index (κ3) is 9.23. The van der Waals surface area contributed by atoms with Gasteiger partial charge in [-0.1, -0.05) is 53.1 Å². The minimum atomic E-state index is 1.12. The Kier molecular flexibility index (Phi) is 9.06. The summed E-state index contributed by atoms with van der Waals surface area (Å²) >= 11 is 0. The van der Waals surface area contributed by atoms with Crippen molar-refractivity contribution >= 4 is 5.69 Å². The number of para-hydroxylation sites is 1. The molecule has 0 amide bonds. The average Bonchev–Trinajstić information content (AvgIpc) is 2.48. The maximum Gasteiger partial charge on any atom is 0.0684 e. The van der Waals surface area contributed by atoms with E-state index in [4.69, 9.17) is 0 Å². The van der Waals surface area contributed by atoms with Crippen LogP contribution in [0.25, 0.3) is 0 Å². The largest absolute Gasteiger partial charge is 0.376 e. The van der Waals surface area contributed by atoms with E-state index in [-0.39, 0.29) is 0 Å². The van der Waals surface area contributed by atoms with E-state index in [2.05, 4.69) is 63.4 Å². The van der Waals surface area contributed by atoms with Crippen LogP contribution in [0.5, 0.6) is 0 Å². The van der Waals surface area contributed by atoms with E-state index in [1.807, 2.05) is 24.7 Å². The SMILES string of the molecule is CC(C)=CCCC(C)=CCCC(C)=C[CH]Nc1ccccc1. The van der Waals surface area contributed by atoms with Crippen molar-refractivity contribution in [3.63, 3.8) is 0 Å². The molecular formula is C21H30N. The van der Waals surface area contributed by atoms with Gasteiger partial charge in [0.2, 0.25) is 0 Å². The van der Waals surface area contributed by atoms with E-state index < -0.39 is 0 Å². The highest BCUT2D eigenvalue weighted by molar-refractivity contribution is 5.45. The molecule has 1 aromatic rings. The zero-order chi connectivity index (χ0) is 16.2. The van der Waals surface area contributed by atoms with Crippen molar-refractivity contribution in [2.24, 2.45) is 0 Å². The zero-order valence-corrected chi connectivity index (χ0v) is 14.5. The molecule has 0 saturated carbocycles. The lowest BCUT2D eigenvalue weighted by atomic mass is 10.1. The van der Waals surface area contributed by atoms with Crippen molar-refractivity contribution in [1.29, 1.82) is 0 Å². The molecule has 1 aromatic carbocycles. The van der Waals surface area contributed by atoms with Gasteiger partial charge in [-0.15, -0.1) is 0 Å². The maximum atomic E-state index is 3.29. The van der Waals surface area contributed by atoms with Gasteiger partial charge in [-0.2, -0.15) is 0 Å². The molecule has 0 bridgehead atoms. The van der Waals surface area contributed by atoms with E-state index in [1.165, 1.54) is 23.1 Å². The molecule has 0 aliphatic heterocycles. The number of benzene rings is 1. The molecule has 22 heavy (non-hydrogen) atoms. The Hall–Kier alpha value is -1.76. The Morgan fingerprint density at radius 1 is 0.864 bits per heavy atom. The van der Waals surface area contributed by atoms with E-state index >= 15 is 0 Å². The average molecular weight is 296 g/mol. The molecular weight excluding hydrogens is 266 g/mol. The second-order valence-corrected chi connectivity index (χ2v) is 6.10. The predicted octanol–water partition coefficient (Wildman–Crippen LogP) is 6.68. The molecule has 1 N–H and O–H groups in total. The topological polar surface area (TPSA) is 12.0 Å². The molecule has 0 fully saturated rings. The van der Waals surface area contributed by atoms with Gasteiger partial charge in [-0.3, -0.25) is 0 Å². The number of anilines is 1. The van der Waals surface area contributed by atoms with Crippen molar-refractivity contribution in [2.45, 2.75) is 53.4 Å². The number of allylic oxidation sites excluding steroid dienone is 5. The first-order valence-electron chi connectivity index (χ1n) is 8.17. The van der Waals surface area contributed by atoms with Crippen LogP contribution in [-0.2, 0) is 0 Å². The molecule has 1 radical (unpaired) electrons. The summed E-state index contributed by atoms with van der Waals surface area (Å²) < 4.78 is 0. The lowest BCUT2D eigenvalue weighted by Gasteiger charge is -2.04. The Bertz CT molecular complexity index is 502. The van der Waals surface area contributed by atoms with Crippen LogP contribution in [0.3, 0.4) is 0 Å². The van der Waals surface area contributed by atoms with Gasteiger partial charge in [0.25, 0.3) is 0 Å². The van der Waals surface area contributed by atoms with Crippen molar-refractivity contribution in [1.82, 2.24) is 0 Å². The normalized spacial score (nSPS) is 12.2. The van der Waals surface area contributed by atoms with Crippen LogP contribution in [0.2, 0.25) is 0 Å². The first kappa shape index (κ1) is 18.3. The standard InChI is InChI=1S/C21H30N/c1-18(2)10-8-11-19(3)12-9-13-20(4)16-17-22-21-14-6-5-7-15-21/h5-7,10,12,14-17,22H,8-9,11,13H2,1-4H3. The molecule has 1 nitrogen and oxygen atoms in total. The zero-order valence-electron chi connectivity index (χ0n) is 14.5. The number of hydrogen-bond donors (Lipinski definition) is 1. The van der Waals surface area contributed by atoms with Crippen molar-refractivity contribution in [3.05, 3.63) is 71.8 Å². The predicted molar refractivity (Wildman–Crippen MR) is 99.8 cm³/mol. The van der Waals surface area contributed by atoms with Gasteiger partial charge in [0, 0.05) is 5.69 Å². The molecule has 0 aliphatic carbocycles. The minimum Gasteiger partial charge on any atom is -0.376 e. The molecule has 0 aliphatic rings. The molecule has 0 heterocycles. The third-order valence-electron chi connectivity index (χ3n) is 3.51. The summed E-state index contributed by atoms with van der Waals surface area (Å²) in [7, 11) is 0. The van der Waals surface area contributed by atoms with Crippen LogP contribution in [0.15, 0.2) is 65.3 Å². The maximum absolute atomic E-state index is 3.29. The van der Waals surface area contributed by atoms with E-state index in [1.54, 1.807) is 0 Å². The molecule has 0 atom stereocenters. The summed E-state index contributed by atoms with van der Waals surface area (Å²) in [6, 6.07) is 10.2. The van der Waals surface area contributed by atoms with E-state index in [0.29, 0.717) is 0 Å². The van der Waals surface area contributed by atoms with Crippen LogP contribution in [-0.4, -0.2) is 0 Å².